The Hall–Kier alpha value is -3.20. The molecule has 164 valence electrons. The van der Waals surface area contributed by atoms with E-state index < -0.39 is 0 Å². The molecule has 0 atom stereocenters. The molecule has 0 saturated carbocycles. The summed E-state index contributed by atoms with van der Waals surface area (Å²) in [5, 5.41) is 2.45. The second-order valence-corrected chi connectivity index (χ2v) is 8.52. The van der Waals surface area contributed by atoms with Gasteiger partial charge in [0, 0.05) is 36.1 Å². The summed E-state index contributed by atoms with van der Waals surface area (Å²) in [5.74, 6) is 1.01. The van der Waals surface area contributed by atoms with Gasteiger partial charge >= 0.3 is 0 Å². The van der Waals surface area contributed by atoms with Crippen molar-refractivity contribution >= 4 is 10.8 Å². The van der Waals surface area contributed by atoms with Crippen LogP contribution in [-0.4, -0.2) is 6.61 Å². The molecule has 2 aromatic heterocycles. The van der Waals surface area contributed by atoms with E-state index >= 15 is 0 Å². The van der Waals surface area contributed by atoms with Gasteiger partial charge < -0.3 is 4.74 Å². The molecule has 4 aromatic rings. The summed E-state index contributed by atoms with van der Waals surface area (Å²) in [6, 6.07) is 23.5. The lowest BCUT2D eigenvalue weighted by atomic mass is 10.1. The average Bonchev–Trinajstić information content (AvgIpc) is 2.84. The number of unbranched alkanes of at least 4 members (excludes halogenated alkanes) is 5. The monoisotopic (exact) mass is 426 g/mol. The zero-order valence-corrected chi connectivity index (χ0v) is 19.1. The summed E-state index contributed by atoms with van der Waals surface area (Å²) in [5.41, 5.74) is 2.53. The van der Waals surface area contributed by atoms with Crippen molar-refractivity contribution in [3.8, 4) is 16.9 Å². The van der Waals surface area contributed by atoms with E-state index in [0.717, 1.165) is 25.3 Å². The van der Waals surface area contributed by atoms with E-state index in [1.54, 1.807) is 0 Å². The fourth-order valence-electron chi connectivity index (χ4n) is 4.10. The van der Waals surface area contributed by atoms with Crippen LogP contribution < -0.4 is 13.9 Å². The summed E-state index contributed by atoms with van der Waals surface area (Å²) in [6.07, 6.45) is 16.0. The van der Waals surface area contributed by atoms with Crippen molar-refractivity contribution in [3.63, 3.8) is 0 Å². The Labute approximate surface area is 191 Å². The fraction of sp³-hybridized carbons (Fsp3) is 0.310. The molecule has 0 saturated heterocycles. The van der Waals surface area contributed by atoms with E-state index in [-0.39, 0.29) is 0 Å². The van der Waals surface area contributed by atoms with Crippen LogP contribution in [0, 0.1) is 0 Å². The minimum atomic E-state index is 0.801. The molecular formula is C29H34N2O+2. The highest BCUT2D eigenvalue weighted by Crippen LogP contribution is 2.25. The van der Waals surface area contributed by atoms with Gasteiger partial charge in [0.25, 0.3) is 0 Å². The Morgan fingerprint density at radius 1 is 0.625 bits per heavy atom. The molecule has 0 aliphatic heterocycles. The van der Waals surface area contributed by atoms with Gasteiger partial charge in [0.2, 0.25) is 0 Å². The van der Waals surface area contributed by atoms with Crippen LogP contribution in [0.5, 0.6) is 5.75 Å². The van der Waals surface area contributed by atoms with Crippen molar-refractivity contribution in [1.29, 1.82) is 0 Å². The number of fused-ring (bicyclic) bond motifs is 1. The highest BCUT2D eigenvalue weighted by molar-refractivity contribution is 5.88. The third-order valence-electron chi connectivity index (χ3n) is 6.02. The van der Waals surface area contributed by atoms with Gasteiger partial charge in [0.05, 0.1) is 6.61 Å². The Morgan fingerprint density at radius 3 is 2.03 bits per heavy atom. The highest BCUT2D eigenvalue weighted by atomic mass is 16.5. The van der Waals surface area contributed by atoms with Gasteiger partial charge in [0.1, 0.15) is 19.3 Å². The number of aryl methyl sites for hydroxylation is 2. The molecule has 0 bridgehead atoms. The predicted molar refractivity (Wildman–Crippen MR) is 130 cm³/mol. The largest absolute Gasteiger partial charge is 0.493 e. The molecule has 3 nitrogen and oxygen atoms in total. The maximum atomic E-state index is 6.05. The normalized spacial score (nSPS) is 11.0. The first-order chi connectivity index (χ1) is 15.8. The molecule has 2 aromatic carbocycles. The Balaban J connectivity index is 1.08. The molecule has 0 fully saturated rings. The van der Waals surface area contributed by atoms with E-state index in [0.29, 0.717) is 0 Å². The predicted octanol–water partition coefficient (Wildman–Crippen LogP) is 6.04. The molecule has 0 radical (unpaired) electrons. The van der Waals surface area contributed by atoms with Gasteiger partial charge in [-0.05, 0) is 35.4 Å². The third kappa shape index (κ3) is 6.16. The number of pyridine rings is 2. The number of benzene rings is 2. The SMILES string of the molecule is C[n+]1ccc(-c2cc[n+](CCCCCCCCOc3cccc4ccccc34)cc2)cc1. The third-order valence-corrected chi connectivity index (χ3v) is 6.02. The number of rotatable bonds is 11. The van der Waals surface area contributed by atoms with Crippen LogP contribution >= 0.6 is 0 Å². The summed E-state index contributed by atoms with van der Waals surface area (Å²) in [6.45, 7) is 1.89. The lowest BCUT2D eigenvalue weighted by Gasteiger charge is -2.09. The van der Waals surface area contributed by atoms with Crippen molar-refractivity contribution < 1.29 is 13.9 Å². The molecule has 3 heteroatoms. The number of aromatic nitrogens is 2. The standard InChI is InChI=1S/C29H34N2O/c1-30-20-15-25(16-21-30)26-17-22-31(23-18-26)19-8-4-2-3-5-9-24-32-29-14-10-12-27-11-6-7-13-28(27)29/h6-7,10-18,20-23H,2-5,8-9,19,24H2,1H3/q+2. The highest BCUT2D eigenvalue weighted by Gasteiger charge is 2.05. The van der Waals surface area contributed by atoms with Gasteiger partial charge in [0.15, 0.2) is 24.8 Å². The lowest BCUT2D eigenvalue weighted by Crippen LogP contribution is -2.32. The molecule has 0 amide bonds. The maximum Gasteiger partial charge on any atom is 0.169 e. The van der Waals surface area contributed by atoms with Crippen LogP contribution in [0.15, 0.2) is 91.5 Å². The topological polar surface area (TPSA) is 17.0 Å². The van der Waals surface area contributed by atoms with Gasteiger partial charge in [-0.2, -0.15) is 0 Å². The van der Waals surface area contributed by atoms with Crippen LogP contribution in [0.3, 0.4) is 0 Å². The number of hydrogen-bond donors (Lipinski definition) is 0. The van der Waals surface area contributed by atoms with Crippen molar-refractivity contribution in [1.82, 2.24) is 0 Å². The van der Waals surface area contributed by atoms with Gasteiger partial charge in [-0.3, -0.25) is 0 Å². The van der Waals surface area contributed by atoms with E-state index in [2.05, 4.69) is 101 Å². The van der Waals surface area contributed by atoms with Crippen LogP contribution in [0.2, 0.25) is 0 Å². The molecule has 32 heavy (non-hydrogen) atoms. The van der Waals surface area contributed by atoms with Crippen molar-refractivity contribution in [3.05, 3.63) is 91.5 Å². The van der Waals surface area contributed by atoms with Crippen LogP contribution in [0.4, 0.5) is 0 Å². The Bertz CT molecular complexity index is 1100. The summed E-state index contributed by atoms with van der Waals surface area (Å²) in [4.78, 5) is 0. The Morgan fingerprint density at radius 2 is 1.25 bits per heavy atom. The zero-order chi connectivity index (χ0) is 22.0. The minimum Gasteiger partial charge on any atom is -0.493 e. The number of hydrogen-bond acceptors (Lipinski definition) is 1. The molecule has 2 heterocycles. The molecular weight excluding hydrogens is 392 g/mol. The van der Waals surface area contributed by atoms with Gasteiger partial charge in [-0.1, -0.05) is 55.7 Å². The van der Waals surface area contributed by atoms with Crippen LogP contribution in [0.25, 0.3) is 21.9 Å². The molecule has 0 aliphatic rings. The molecule has 4 rings (SSSR count). The van der Waals surface area contributed by atoms with Gasteiger partial charge in [-0.25, -0.2) is 9.13 Å². The van der Waals surface area contributed by atoms with E-state index in [1.165, 1.54) is 54.0 Å². The molecule has 0 N–H and O–H groups in total. The molecule has 0 unspecified atom stereocenters. The van der Waals surface area contributed by atoms with Gasteiger partial charge in [-0.15, -0.1) is 0 Å². The van der Waals surface area contributed by atoms with Crippen molar-refractivity contribution in [2.45, 2.75) is 45.1 Å². The summed E-state index contributed by atoms with van der Waals surface area (Å²) < 4.78 is 10.4. The van der Waals surface area contributed by atoms with Crippen molar-refractivity contribution in [2.75, 3.05) is 6.61 Å². The zero-order valence-electron chi connectivity index (χ0n) is 19.1. The number of nitrogens with zero attached hydrogens (tertiary/aromatic N) is 2. The summed E-state index contributed by atoms with van der Waals surface area (Å²) >= 11 is 0. The minimum absolute atomic E-state index is 0.801. The van der Waals surface area contributed by atoms with Crippen LogP contribution in [0.1, 0.15) is 38.5 Å². The second kappa shape index (κ2) is 11.4. The fourth-order valence-corrected chi connectivity index (χ4v) is 4.10. The Kier molecular flexibility index (Phi) is 7.86. The molecule has 0 spiro atoms. The smallest absolute Gasteiger partial charge is 0.169 e. The molecule has 0 aliphatic carbocycles. The maximum absolute atomic E-state index is 6.05. The number of ether oxygens (including phenoxy) is 1. The first kappa shape index (κ1) is 22.0. The van der Waals surface area contributed by atoms with E-state index in [1.807, 2.05) is 7.05 Å². The quantitative estimate of drug-likeness (QED) is 0.211. The first-order valence-electron chi connectivity index (χ1n) is 11.8. The first-order valence-corrected chi connectivity index (χ1v) is 11.8. The summed E-state index contributed by atoms with van der Waals surface area (Å²) in [7, 11) is 2.04. The van der Waals surface area contributed by atoms with E-state index in [9.17, 15) is 0 Å². The lowest BCUT2D eigenvalue weighted by molar-refractivity contribution is -0.697. The van der Waals surface area contributed by atoms with Crippen LogP contribution in [-0.2, 0) is 13.6 Å². The average molecular weight is 427 g/mol. The second-order valence-electron chi connectivity index (χ2n) is 8.52. The van der Waals surface area contributed by atoms with Crippen molar-refractivity contribution in [2.24, 2.45) is 7.05 Å². The van der Waals surface area contributed by atoms with E-state index in [4.69, 9.17) is 4.74 Å².